The van der Waals surface area contributed by atoms with Crippen LogP contribution in [0, 0.1) is 6.92 Å². The van der Waals surface area contributed by atoms with Crippen LogP contribution in [0.3, 0.4) is 0 Å². The third kappa shape index (κ3) is 5.28. The average Bonchev–Trinajstić information content (AvgIpc) is 3.41. The summed E-state index contributed by atoms with van der Waals surface area (Å²) >= 11 is 1.42. The second kappa shape index (κ2) is 10.5. The van der Waals surface area contributed by atoms with Gasteiger partial charge in [-0.2, -0.15) is 5.10 Å². The number of amides is 2. The number of benzene rings is 2. The van der Waals surface area contributed by atoms with Gasteiger partial charge in [-0.05, 0) is 44.5 Å². The van der Waals surface area contributed by atoms with Crippen molar-refractivity contribution in [2.75, 3.05) is 25.0 Å². The van der Waals surface area contributed by atoms with Gasteiger partial charge in [-0.25, -0.2) is 0 Å². The van der Waals surface area contributed by atoms with Crippen molar-refractivity contribution >= 4 is 39.1 Å². The standard InChI is InChI=1S/C26H28N4O3S/c1-4-29(5-2)24(31)17-33-21-13-9-12-20(14-21)27-25(32)23-15-22-18(3)28-30(26(22)34-23)16-19-10-7-6-8-11-19/h6-15H,4-5,16-17H2,1-3H3,(H,27,32). The van der Waals surface area contributed by atoms with Crippen LogP contribution in [0.4, 0.5) is 5.69 Å². The number of fused-ring (bicyclic) bond motifs is 1. The zero-order valence-electron chi connectivity index (χ0n) is 19.6. The van der Waals surface area contributed by atoms with E-state index in [0.717, 1.165) is 21.5 Å². The maximum absolute atomic E-state index is 13.0. The normalized spacial score (nSPS) is 10.9. The Morgan fingerprint density at radius 3 is 2.56 bits per heavy atom. The quantitative estimate of drug-likeness (QED) is 0.371. The number of carbonyl (C=O) groups excluding carboxylic acids is 2. The molecule has 0 saturated carbocycles. The van der Waals surface area contributed by atoms with Crippen molar-refractivity contribution in [1.29, 1.82) is 0 Å². The number of thiophene rings is 1. The largest absolute Gasteiger partial charge is 0.484 e. The molecule has 1 N–H and O–H groups in total. The number of likely N-dealkylation sites (N-methyl/N-ethyl adjacent to an activating group) is 1. The average molecular weight is 477 g/mol. The van der Waals surface area contributed by atoms with Gasteiger partial charge < -0.3 is 15.0 Å². The van der Waals surface area contributed by atoms with Crippen molar-refractivity contribution < 1.29 is 14.3 Å². The molecule has 0 saturated heterocycles. The van der Waals surface area contributed by atoms with E-state index in [-0.39, 0.29) is 18.4 Å². The monoisotopic (exact) mass is 476 g/mol. The molecule has 0 radical (unpaired) electrons. The van der Waals surface area contributed by atoms with E-state index in [9.17, 15) is 9.59 Å². The number of nitrogens with zero attached hydrogens (tertiary/aromatic N) is 3. The lowest BCUT2D eigenvalue weighted by Gasteiger charge is -2.18. The summed E-state index contributed by atoms with van der Waals surface area (Å²) < 4.78 is 7.60. The van der Waals surface area contributed by atoms with Gasteiger partial charge in [0.25, 0.3) is 11.8 Å². The second-order valence-electron chi connectivity index (χ2n) is 7.89. The molecule has 0 bridgehead atoms. The van der Waals surface area contributed by atoms with Gasteiger partial charge in [0.1, 0.15) is 10.6 Å². The lowest BCUT2D eigenvalue weighted by molar-refractivity contribution is -0.132. The molecule has 2 aromatic heterocycles. The molecule has 0 aliphatic carbocycles. The smallest absolute Gasteiger partial charge is 0.265 e. The first kappa shape index (κ1) is 23.5. The third-order valence-electron chi connectivity index (χ3n) is 5.58. The van der Waals surface area contributed by atoms with Gasteiger partial charge >= 0.3 is 0 Å². The Balaban J connectivity index is 1.45. The summed E-state index contributed by atoms with van der Waals surface area (Å²) in [6, 6.07) is 19.1. The van der Waals surface area contributed by atoms with Crippen LogP contribution in [-0.2, 0) is 11.3 Å². The molecule has 4 aromatic rings. The number of aryl methyl sites for hydroxylation is 1. The molecule has 7 nitrogen and oxygen atoms in total. The summed E-state index contributed by atoms with van der Waals surface area (Å²) in [6.45, 7) is 7.74. The van der Waals surface area contributed by atoms with Gasteiger partial charge in [-0.1, -0.05) is 36.4 Å². The minimum absolute atomic E-state index is 0.0351. The minimum Gasteiger partial charge on any atom is -0.484 e. The summed E-state index contributed by atoms with van der Waals surface area (Å²) in [5.41, 5.74) is 2.66. The van der Waals surface area contributed by atoms with Gasteiger partial charge in [-0.15, -0.1) is 11.3 Å². The third-order valence-corrected chi connectivity index (χ3v) is 6.72. The van der Waals surface area contributed by atoms with Crippen molar-refractivity contribution in [3.8, 4) is 5.75 Å². The summed E-state index contributed by atoms with van der Waals surface area (Å²) in [6.07, 6.45) is 0. The number of rotatable bonds is 9. The number of aromatic nitrogens is 2. The van der Waals surface area contributed by atoms with Crippen molar-refractivity contribution in [2.24, 2.45) is 0 Å². The predicted molar refractivity (Wildman–Crippen MR) is 136 cm³/mol. The zero-order chi connectivity index (χ0) is 24.1. The molecule has 0 unspecified atom stereocenters. The highest BCUT2D eigenvalue weighted by Gasteiger charge is 2.17. The van der Waals surface area contributed by atoms with Crippen LogP contribution in [0.25, 0.3) is 10.2 Å². The Morgan fingerprint density at radius 1 is 1.06 bits per heavy atom. The molecule has 2 aromatic carbocycles. The zero-order valence-corrected chi connectivity index (χ0v) is 20.4. The number of nitrogens with one attached hydrogen (secondary N) is 1. The highest BCUT2D eigenvalue weighted by Crippen LogP contribution is 2.30. The maximum Gasteiger partial charge on any atom is 0.265 e. The SMILES string of the molecule is CCN(CC)C(=O)COc1cccc(NC(=O)c2cc3c(C)nn(Cc4ccccc4)c3s2)c1. The van der Waals surface area contributed by atoms with Gasteiger partial charge in [-0.3, -0.25) is 14.3 Å². The van der Waals surface area contributed by atoms with E-state index >= 15 is 0 Å². The van der Waals surface area contributed by atoms with E-state index in [1.807, 2.05) is 49.7 Å². The van der Waals surface area contributed by atoms with E-state index in [0.29, 0.717) is 35.9 Å². The fourth-order valence-electron chi connectivity index (χ4n) is 3.76. The highest BCUT2D eigenvalue weighted by molar-refractivity contribution is 7.20. The number of carbonyl (C=O) groups is 2. The van der Waals surface area contributed by atoms with Gasteiger partial charge in [0.05, 0.1) is 17.1 Å². The summed E-state index contributed by atoms with van der Waals surface area (Å²) in [4.78, 5) is 28.5. The van der Waals surface area contributed by atoms with Crippen molar-refractivity contribution in [3.05, 3.63) is 76.8 Å². The molecule has 0 aliphatic heterocycles. The highest BCUT2D eigenvalue weighted by atomic mass is 32.1. The van der Waals surface area contributed by atoms with Gasteiger partial charge in [0, 0.05) is 30.2 Å². The lowest BCUT2D eigenvalue weighted by atomic mass is 10.2. The van der Waals surface area contributed by atoms with Crippen LogP contribution in [0.2, 0.25) is 0 Å². The first-order chi connectivity index (χ1) is 16.5. The molecule has 0 atom stereocenters. The van der Waals surface area contributed by atoms with Crippen LogP contribution in [0.1, 0.15) is 34.8 Å². The predicted octanol–water partition coefficient (Wildman–Crippen LogP) is 4.95. The molecular formula is C26H28N4O3S. The molecule has 0 fully saturated rings. The Morgan fingerprint density at radius 2 is 1.82 bits per heavy atom. The number of hydrogen-bond acceptors (Lipinski definition) is 5. The van der Waals surface area contributed by atoms with Crippen LogP contribution in [0.15, 0.2) is 60.7 Å². The van der Waals surface area contributed by atoms with Crippen LogP contribution in [-0.4, -0.2) is 46.2 Å². The summed E-state index contributed by atoms with van der Waals surface area (Å²) in [7, 11) is 0. The van der Waals surface area contributed by atoms with Crippen molar-refractivity contribution in [1.82, 2.24) is 14.7 Å². The van der Waals surface area contributed by atoms with Gasteiger partial charge in [0.2, 0.25) is 0 Å². The first-order valence-electron chi connectivity index (χ1n) is 11.3. The Kier molecular flexibility index (Phi) is 7.27. The Labute approximate surface area is 203 Å². The van der Waals surface area contributed by atoms with Crippen molar-refractivity contribution in [3.63, 3.8) is 0 Å². The van der Waals surface area contributed by atoms with E-state index in [2.05, 4.69) is 22.5 Å². The van der Waals surface area contributed by atoms with Gasteiger partial charge in [0.15, 0.2) is 6.61 Å². The molecule has 176 valence electrons. The molecule has 4 rings (SSSR count). The van der Waals surface area contributed by atoms with Crippen LogP contribution in [0.5, 0.6) is 5.75 Å². The van der Waals surface area contributed by atoms with E-state index < -0.39 is 0 Å². The van der Waals surface area contributed by atoms with Crippen LogP contribution < -0.4 is 10.1 Å². The molecule has 0 aliphatic rings. The number of ether oxygens (including phenoxy) is 1. The van der Waals surface area contributed by atoms with E-state index in [1.165, 1.54) is 11.3 Å². The van der Waals surface area contributed by atoms with Crippen LogP contribution >= 0.6 is 11.3 Å². The fraction of sp³-hybridized carbons (Fsp3) is 0.269. The minimum atomic E-state index is -0.191. The van der Waals surface area contributed by atoms with Crippen molar-refractivity contribution in [2.45, 2.75) is 27.3 Å². The van der Waals surface area contributed by atoms with E-state index in [4.69, 9.17) is 4.74 Å². The number of anilines is 1. The molecule has 0 spiro atoms. The first-order valence-corrected chi connectivity index (χ1v) is 12.1. The second-order valence-corrected chi connectivity index (χ2v) is 8.93. The Hall–Kier alpha value is -3.65. The maximum atomic E-state index is 13.0. The molecule has 2 amide bonds. The molecule has 2 heterocycles. The molecular weight excluding hydrogens is 448 g/mol. The molecule has 34 heavy (non-hydrogen) atoms. The summed E-state index contributed by atoms with van der Waals surface area (Å²) in [5, 5.41) is 8.57. The summed E-state index contributed by atoms with van der Waals surface area (Å²) in [5.74, 6) is 0.275. The fourth-order valence-corrected chi connectivity index (χ4v) is 4.81. The van der Waals surface area contributed by atoms with E-state index in [1.54, 1.807) is 29.2 Å². The molecule has 8 heteroatoms. The topological polar surface area (TPSA) is 76.5 Å². The number of hydrogen-bond donors (Lipinski definition) is 1. The Bertz CT molecular complexity index is 1290. The lowest BCUT2D eigenvalue weighted by Crippen LogP contribution is -2.34.